The molecule has 5 heteroatoms. The van der Waals surface area contributed by atoms with Crippen LogP contribution in [0.2, 0.25) is 0 Å². The van der Waals surface area contributed by atoms with Crippen molar-refractivity contribution in [3.63, 3.8) is 0 Å². The zero-order valence-electron chi connectivity index (χ0n) is 10.0. The quantitative estimate of drug-likeness (QED) is 0.821. The van der Waals surface area contributed by atoms with Crippen molar-refractivity contribution >= 4 is 11.9 Å². The Morgan fingerprint density at radius 1 is 1.33 bits per heavy atom. The van der Waals surface area contributed by atoms with E-state index < -0.39 is 5.97 Å². The van der Waals surface area contributed by atoms with Crippen LogP contribution in [0.5, 0.6) is 0 Å². The number of carbonyl (C=O) groups excluding carboxylic acids is 1. The van der Waals surface area contributed by atoms with Gasteiger partial charge in [0.15, 0.2) is 0 Å². The fraction of sp³-hybridized carbons (Fsp3) is 0.385. The topological polar surface area (TPSA) is 83.6 Å². The summed E-state index contributed by atoms with van der Waals surface area (Å²) < 4.78 is 0. The Morgan fingerprint density at radius 2 is 2.00 bits per heavy atom. The minimum atomic E-state index is -0.920. The summed E-state index contributed by atoms with van der Waals surface area (Å²) in [4.78, 5) is 23.9. The molecule has 1 fully saturated rings. The van der Waals surface area contributed by atoms with E-state index in [0.717, 1.165) is 25.1 Å². The second-order valence-electron chi connectivity index (χ2n) is 4.63. The highest BCUT2D eigenvalue weighted by atomic mass is 16.4. The number of primary amides is 1. The van der Waals surface area contributed by atoms with E-state index in [9.17, 15) is 9.59 Å². The van der Waals surface area contributed by atoms with Crippen LogP contribution in [0, 0.1) is 5.92 Å². The maximum atomic E-state index is 11.0. The van der Waals surface area contributed by atoms with Crippen molar-refractivity contribution in [2.45, 2.75) is 13.0 Å². The van der Waals surface area contributed by atoms with Gasteiger partial charge in [0.1, 0.15) is 0 Å². The first-order valence-electron chi connectivity index (χ1n) is 5.90. The molecule has 0 aromatic heterocycles. The lowest BCUT2D eigenvalue weighted by molar-refractivity contribution is -0.121. The van der Waals surface area contributed by atoms with Gasteiger partial charge < -0.3 is 10.8 Å². The zero-order valence-corrected chi connectivity index (χ0v) is 10.0. The summed E-state index contributed by atoms with van der Waals surface area (Å²) in [7, 11) is 0. The molecule has 1 saturated heterocycles. The molecule has 1 aliphatic heterocycles. The number of carbonyl (C=O) groups is 2. The number of nitrogens with zero attached hydrogens (tertiary/aromatic N) is 1. The Bertz CT molecular complexity index is 456. The van der Waals surface area contributed by atoms with Gasteiger partial charge in [-0.25, -0.2) is 4.79 Å². The minimum Gasteiger partial charge on any atom is -0.478 e. The molecule has 1 aliphatic rings. The van der Waals surface area contributed by atoms with E-state index in [1.54, 1.807) is 24.3 Å². The number of amides is 1. The van der Waals surface area contributed by atoms with Crippen molar-refractivity contribution < 1.29 is 14.7 Å². The maximum Gasteiger partial charge on any atom is 0.335 e. The van der Waals surface area contributed by atoms with Crippen LogP contribution in [0.4, 0.5) is 0 Å². The molecule has 0 saturated carbocycles. The first-order chi connectivity index (χ1) is 8.56. The monoisotopic (exact) mass is 248 g/mol. The molecule has 18 heavy (non-hydrogen) atoms. The standard InChI is InChI=1S/C13H16N2O3/c14-12(16)11-5-6-15(8-11)7-9-1-3-10(4-2-9)13(17)18/h1-4,11H,5-8H2,(H2,14,16)(H,17,18). The summed E-state index contributed by atoms with van der Waals surface area (Å²) in [6, 6.07) is 6.81. The fourth-order valence-corrected chi connectivity index (χ4v) is 2.22. The third kappa shape index (κ3) is 2.87. The Balaban J connectivity index is 1.94. The van der Waals surface area contributed by atoms with E-state index in [1.807, 2.05) is 0 Å². The average molecular weight is 248 g/mol. The van der Waals surface area contributed by atoms with Gasteiger partial charge in [0.25, 0.3) is 0 Å². The first kappa shape index (κ1) is 12.6. The predicted molar refractivity (Wildman–Crippen MR) is 66.0 cm³/mol. The first-order valence-corrected chi connectivity index (χ1v) is 5.90. The Kier molecular flexibility index (Phi) is 3.62. The molecule has 0 aliphatic carbocycles. The summed E-state index contributed by atoms with van der Waals surface area (Å²) >= 11 is 0. The molecule has 1 heterocycles. The molecule has 0 spiro atoms. The summed E-state index contributed by atoms with van der Waals surface area (Å²) in [5.41, 5.74) is 6.61. The predicted octanol–water partition coefficient (Wildman–Crippen LogP) is 0.692. The van der Waals surface area contributed by atoms with Crippen molar-refractivity contribution in [1.29, 1.82) is 0 Å². The number of hydrogen-bond donors (Lipinski definition) is 2. The summed E-state index contributed by atoms with van der Waals surface area (Å²) in [6.07, 6.45) is 0.808. The summed E-state index contributed by atoms with van der Waals surface area (Å²) in [5.74, 6) is -1.21. The number of likely N-dealkylation sites (tertiary alicyclic amines) is 1. The van der Waals surface area contributed by atoms with Gasteiger partial charge in [-0.15, -0.1) is 0 Å². The molecule has 5 nitrogen and oxygen atoms in total. The van der Waals surface area contributed by atoms with Crippen LogP contribution < -0.4 is 5.73 Å². The van der Waals surface area contributed by atoms with Crippen LogP contribution in [0.15, 0.2) is 24.3 Å². The number of nitrogens with two attached hydrogens (primary N) is 1. The number of hydrogen-bond acceptors (Lipinski definition) is 3. The number of carboxylic acid groups (broad SMARTS) is 1. The molecule has 1 unspecified atom stereocenters. The maximum absolute atomic E-state index is 11.0. The van der Waals surface area contributed by atoms with Gasteiger partial charge in [0.05, 0.1) is 11.5 Å². The lowest BCUT2D eigenvalue weighted by atomic mass is 10.1. The molecule has 96 valence electrons. The van der Waals surface area contributed by atoms with Crippen LogP contribution >= 0.6 is 0 Å². The van der Waals surface area contributed by atoms with Crippen LogP contribution in [0.1, 0.15) is 22.3 Å². The number of carboxylic acids is 1. The van der Waals surface area contributed by atoms with E-state index >= 15 is 0 Å². The second kappa shape index (κ2) is 5.18. The van der Waals surface area contributed by atoms with Crippen LogP contribution in [0.3, 0.4) is 0 Å². The molecule has 1 aromatic rings. The highest BCUT2D eigenvalue weighted by molar-refractivity contribution is 5.87. The van der Waals surface area contributed by atoms with Crippen molar-refractivity contribution in [2.24, 2.45) is 11.7 Å². The lowest BCUT2D eigenvalue weighted by Crippen LogP contribution is -2.27. The largest absolute Gasteiger partial charge is 0.478 e. The Hall–Kier alpha value is -1.88. The number of aromatic carboxylic acids is 1. The molecule has 1 atom stereocenters. The fourth-order valence-electron chi connectivity index (χ4n) is 2.22. The highest BCUT2D eigenvalue weighted by Crippen LogP contribution is 2.18. The van der Waals surface area contributed by atoms with E-state index in [0.29, 0.717) is 6.54 Å². The van der Waals surface area contributed by atoms with Crippen molar-refractivity contribution in [1.82, 2.24) is 4.90 Å². The molecule has 2 rings (SSSR count). The van der Waals surface area contributed by atoms with Gasteiger partial charge in [-0.1, -0.05) is 12.1 Å². The normalized spacial score (nSPS) is 19.9. The van der Waals surface area contributed by atoms with Gasteiger partial charge in [0.2, 0.25) is 5.91 Å². The number of rotatable bonds is 4. The SMILES string of the molecule is NC(=O)C1CCN(Cc2ccc(C(=O)O)cc2)C1. The molecule has 1 aromatic carbocycles. The molecule has 3 N–H and O–H groups in total. The Labute approximate surface area is 105 Å². The molecule has 1 amide bonds. The third-order valence-corrected chi connectivity index (χ3v) is 3.28. The highest BCUT2D eigenvalue weighted by Gasteiger charge is 2.26. The third-order valence-electron chi connectivity index (χ3n) is 3.28. The van der Waals surface area contributed by atoms with Gasteiger partial charge in [-0.05, 0) is 30.7 Å². The molecular formula is C13H16N2O3. The summed E-state index contributed by atoms with van der Waals surface area (Å²) in [5, 5.41) is 8.79. The van der Waals surface area contributed by atoms with Gasteiger partial charge in [0, 0.05) is 13.1 Å². The average Bonchev–Trinajstić information content (AvgIpc) is 2.78. The van der Waals surface area contributed by atoms with Crippen molar-refractivity contribution in [3.05, 3.63) is 35.4 Å². The lowest BCUT2D eigenvalue weighted by Gasteiger charge is -2.15. The second-order valence-corrected chi connectivity index (χ2v) is 4.63. The molecule has 0 bridgehead atoms. The zero-order chi connectivity index (χ0) is 13.1. The minimum absolute atomic E-state index is 0.0525. The van der Waals surface area contributed by atoms with E-state index in [-0.39, 0.29) is 17.4 Å². The van der Waals surface area contributed by atoms with Gasteiger partial charge in [-0.2, -0.15) is 0 Å². The van der Waals surface area contributed by atoms with Crippen molar-refractivity contribution in [3.8, 4) is 0 Å². The van der Waals surface area contributed by atoms with Gasteiger partial charge in [-0.3, -0.25) is 9.69 Å². The van der Waals surface area contributed by atoms with Crippen LogP contribution in [-0.4, -0.2) is 35.0 Å². The van der Waals surface area contributed by atoms with Gasteiger partial charge >= 0.3 is 5.97 Å². The van der Waals surface area contributed by atoms with Crippen LogP contribution in [-0.2, 0) is 11.3 Å². The van der Waals surface area contributed by atoms with Crippen LogP contribution in [0.25, 0.3) is 0 Å². The molecule has 0 radical (unpaired) electrons. The molecular weight excluding hydrogens is 232 g/mol. The van der Waals surface area contributed by atoms with E-state index in [1.165, 1.54) is 0 Å². The van der Waals surface area contributed by atoms with Crippen molar-refractivity contribution in [2.75, 3.05) is 13.1 Å². The Morgan fingerprint density at radius 3 is 2.50 bits per heavy atom. The van der Waals surface area contributed by atoms with E-state index in [4.69, 9.17) is 10.8 Å². The number of benzene rings is 1. The summed E-state index contributed by atoms with van der Waals surface area (Å²) in [6.45, 7) is 2.27. The van der Waals surface area contributed by atoms with E-state index in [2.05, 4.69) is 4.90 Å². The smallest absolute Gasteiger partial charge is 0.335 e.